The number of nitrogens with one attached hydrogen (secondary N) is 1. The summed E-state index contributed by atoms with van der Waals surface area (Å²) >= 11 is 0. The minimum absolute atomic E-state index is 0.647. The van der Waals surface area contributed by atoms with Crippen molar-refractivity contribution in [3.05, 3.63) is 29.3 Å². The average molecular weight is 191 g/mol. The maximum absolute atomic E-state index is 5.37. The summed E-state index contributed by atoms with van der Waals surface area (Å²) in [5.41, 5.74) is 2.80. The highest BCUT2D eigenvalue weighted by Gasteiger charge is 2.20. The Bertz CT molecular complexity index is 322. The maximum atomic E-state index is 5.37. The molecule has 2 nitrogen and oxygen atoms in total. The molecule has 0 bridgehead atoms. The van der Waals surface area contributed by atoms with Gasteiger partial charge in [-0.05, 0) is 24.0 Å². The van der Waals surface area contributed by atoms with E-state index >= 15 is 0 Å². The van der Waals surface area contributed by atoms with Gasteiger partial charge in [-0.2, -0.15) is 0 Å². The summed E-state index contributed by atoms with van der Waals surface area (Å²) in [6, 6.07) is 6.36. The molecule has 1 aromatic carbocycles. The number of methoxy groups -OCH3 is 1. The first-order valence-electron chi connectivity index (χ1n) is 5.23. The number of ether oxygens (including phenoxy) is 1. The lowest BCUT2D eigenvalue weighted by Crippen LogP contribution is -2.28. The average Bonchev–Trinajstić information content (AvgIpc) is 2.27. The van der Waals surface area contributed by atoms with Gasteiger partial charge in [0.2, 0.25) is 0 Å². The topological polar surface area (TPSA) is 21.3 Å². The van der Waals surface area contributed by atoms with Gasteiger partial charge in [0.25, 0.3) is 0 Å². The second-order valence-electron chi connectivity index (χ2n) is 3.76. The van der Waals surface area contributed by atoms with Crippen molar-refractivity contribution in [2.24, 2.45) is 0 Å². The molecule has 0 fully saturated rings. The summed E-state index contributed by atoms with van der Waals surface area (Å²) in [6.07, 6.45) is 1.19. The largest absolute Gasteiger partial charge is 0.496 e. The Morgan fingerprint density at radius 1 is 1.50 bits per heavy atom. The van der Waals surface area contributed by atoms with Crippen LogP contribution in [0.3, 0.4) is 0 Å². The SMILES string of the molecule is CCC1CNCc2c(OC)cccc21. The zero-order chi connectivity index (χ0) is 9.97. The second kappa shape index (κ2) is 4.01. The molecule has 0 amide bonds. The quantitative estimate of drug-likeness (QED) is 0.774. The fourth-order valence-electron chi connectivity index (χ4n) is 2.19. The van der Waals surface area contributed by atoms with E-state index < -0.39 is 0 Å². The molecule has 1 heterocycles. The Hall–Kier alpha value is -1.02. The molecule has 1 aliphatic heterocycles. The van der Waals surface area contributed by atoms with Crippen LogP contribution in [-0.4, -0.2) is 13.7 Å². The van der Waals surface area contributed by atoms with Crippen molar-refractivity contribution in [3.63, 3.8) is 0 Å². The molecule has 2 rings (SSSR count). The van der Waals surface area contributed by atoms with Gasteiger partial charge in [-0.3, -0.25) is 0 Å². The van der Waals surface area contributed by atoms with Crippen LogP contribution in [0.25, 0.3) is 0 Å². The van der Waals surface area contributed by atoms with Crippen molar-refractivity contribution in [1.29, 1.82) is 0 Å². The molecule has 1 aromatic rings. The minimum Gasteiger partial charge on any atom is -0.496 e. The standard InChI is InChI=1S/C12H17NO/c1-3-9-7-13-8-11-10(9)5-4-6-12(11)14-2/h4-6,9,13H,3,7-8H2,1-2H3. The minimum atomic E-state index is 0.647. The van der Waals surface area contributed by atoms with Gasteiger partial charge < -0.3 is 10.1 Å². The van der Waals surface area contributed by atoms with Gasteiger partial charge in [-0.15, -0.1) is 0 Å². The predicted molar refractivity (Wildman–Crippen MR) is 57.7 cm³/mol. The number of fused-ring (bicyclic) bond motifs is 1. The lowest BCUT2D eigenvalue weighted by atomic mass is 9.88. The Morgan fingerprint density at radius 2 is 2.36 bits per heavy atom. The highest BCUT2D eigenvalue weighted by molar-refractivity contribution is 5.43. The van der Waals surface area contributed by atoms with Crippen molar-refractivity contribution in [3.8, 4) is 5.75 Å². The van der Waals surface area contributed by atoms with Crippen molar-refractivity contribution < 1.29 is 4.74 Å². The van der Waals surface area contributed by atoms with Gasteiger partial charge in [0.15, 0.2) is 0 Å². The van der Waals surface area contributed by atoms with Crippen LogP contribution in [0.1, 0.15) is 30.4 Å². The molecule has 0 aliphatic carbocycles. The fraction of sp³-hybridized carbons (Fsp3) is 0.500. The number of hydrogen-bond donors (Lipinski definition) is 1. The van der Waals surface area contributed by atoms with Gasteiger partial charge in [0.05, 0.1) is 7.11 Å². The number of hydrogen-bond acceptors (Lipinski definition) is 2. The van der Waals surface area contributed by atoms with Gasteiger partial charge in [-0.1, -0.05) is 19.1 Å². The van der Waals surface area contributed by atoms with E-state index in [4.69, 9.17) is 4.74 Å². The second-order valence-corrected chi connectivity index (χ2v) is 3.76. The van der Waals surface area contributed by atoms with Crippen molar-refractivity contribution in [2.75, 3.05) is 13.7 Å². The van der Waals surface area contributed by atoms with E-state index in [1.807, 2.05) is 6.07 Å². The lowest BCUT2D eigenvalue weighted by Gasteiger charge is -2.26. The fourth-order valence-corrected chi connectivity index (χ4v) is 2.19. The molecule has 2 heteroatoms. The third-order valence-corrected chi connectivity index (χ3v) is 3.01. The van der Waals surface area contributed by atoms with Gasteiger partial charge in [-0.25, -0.2) is 0 Å². The van der Waals surface area contributed by atoms with E-state index in [-0.39, 0.29) is 0 Å². The van der Waals surface area contributed by atoms with Crippen LogP contribution in [-0.2, 0) is 6.54 Å². The number of benzene rings is 1. The summed E-state index contributed by atoms with van der Waals surface area (Å²) in [4.78, 5) is 0. The highest BCUT2D eigenvalue weighted by atomic mass is 16.5. The van der Waals surface area contributed by atoms with Crippen LogP contribution >= 0.6 is 0 Å². The molecular formula is C12H17NO. The molecular weight excluding hydrogens is 174 g/mol. The Labute approximate surface area is 85.3 Å². The summed E-state index contributed by atoms with van der Waals surface area (Å²) in [7, 11) is 1.74. The van der Waals surface area contributed by atoms with Crippen LogP contribution < -0.4 is 10.1 Å². The molecule has 0 saturated heterocycles. The molecule has 0 radical (unpaired) electrons. The van der Waals surface area contributed by atoms with Gasteiger partial charge >= 0.3 is 0 Å². The Morgan fingerprint density at radius 3 is 3.07 bits per heavy atom. The number of rotatable bonds is 2. The van der Waals surface area contributed by atoms with E-state index in [9.17, 15) is 0 Å². The molecule has 1 atom stereocenters. The summed E-state index contributed by atoms with van der Waals surface area (Å²) in [6.45, 7) is 4.27. The zero-order valence-electron chi connectivity index (χ0n) is 8.84. The van der Waals surface area contributed by atoms with E-state index in [0.29, 0.717) is 5.92 Å². The molecule has 1 aliphatic rings. The first-order chi connectivity index (χ1) is 6.86. The molecule has 0 aromatic heterocycles. The predicted octanol–water partition coefficient (Wildman–Crippen LogP) is 2.29. The maximum Gasteiger partial charge on any atom is 0.123 e. The molecule has 1 unspecified atom stereocenters. The molecule has 1 N–H and O–H groups in total. The monoisotopic (exact) mass is 191 g/mol. The van der Waals surface area contributed by atoms with Crippen molar-refractivity contribution in [2.45, 2.75) is 25.8 Å². The third kappa shape index (κ3) is 1.50. The highest BCUT2D eigenvalue weighted by Crippen LogP contribution is 2.32. The first-order valence-corrected chi connectivity index (χ1v) is 5.23. The van der Waals surface area contributed by atoms with Gasteiger partial charge in [0, 0.05) is 18.7 Å². The summed E-state index contributed by atoms with van der Waals surface area (Å²) < 4.78 is 5.37. The van der Waals surface area contributed by atoms with Crippen molar-refractivity contribution in [1.82, 2.24) is 5.32 Å². The van der Waals surface area contributed by atoms with E-state index in [1.165, 1.54) is 17.5 Å². The van der Waals surface area contributed by atoms with Crippen LogP contribution in [0.4, 0.5) is 0 Å². The van der Waals surface area contributed by atoms with Crippen molar-refractivity contribution >= 4 is 0 Å². The molecule has 14 heavy (non-hydrogen) atoms. The van der Waals surface area contributed by atoms with Crippen LogP contribution in [0.5, 0.6) is 5.75 Å². The Balaban J connectivity index is 2.43. The first kappa shape index (κ1) is 9.53. The summed E-state index contributed by atoms with van der Waals surface area (Å²) in [5.74, 6) is 1.67. The van der Waals surface area contributed by atoms with Crippen LogP contribution in [0.15, 0.2) is 18.2 Å². The summed E-state index contributed by atoms with van der Waals surface area (Å²) in [5, 5.41) is 3.44. The van der Waals surface area contributed by atoms with Crippen LogP contribution in [0, 0.1) is 0 Å². The van der Waals surface area contributed by atoms with E-state index in [0.717, 1.165) is 18.8 Å². The molecule has 0 saturated carbocycles. The zero-order valence-corrected chi connectivity index (χ0v) is 8.84. The van der Waals surface area contributed by atoms with Crippen LogP contribution in [0.2, 0.25) is 0 Å². The third-order valence-electron chi connectivity index (χ3n) is 3.01. The lowest BCUT2D eigenvalue weighted by molar-refractivity contribution is 0.400. The van der Waals surface area contributed by atoms with E-state index in [2.05, 4.69) is 24.4 Å². The van der Waals surface area contributed by atoms with Gasteiger partial charge in [0.1, 0.15) is 5.75 Å². The molecule has 76 valence electrons. The Kier molecular flexibility index (Phi) is 2.73. The smallest absolute Gasteiger partial charge is 0.123 e. The normalized spacial score (nSPS) is 20.3. The molecule has 0 spiro atoms. The van der Waals surface area contributed by atoms with E-state index in [1.54, 1.807) is 7.11 Å².